The summed E-state index contributed by atoms with van der Waals surface area (Å²) in [5.41, 5.74) is 3.78. The second-order valence-corrected chi connectivity index (χ2v) is 6.42. The monoisotopic (exact) mass is 331 g/mol. The molecule has 1 unspecified atom stereocenters. The summed E-state index contributed by atoms with van der Waals surface area (Å²) >= 11 is 6.51. The van der Waals surface area contributed by atoms with Gasteiger partial charge >= 0.3 is 0 Å². The Hall–Kier alpha value is -1.85. The lowest BCUT2D eigenvalue weighted by Gasteiger charge is -2.19. The number of benzene rings is 1. The lowest BCUT2D eigenvalue weighted by Crippen LogP contribution is -2.14. The molecule has 1 fully saturated rings. The Morgan fingerprint density at radius 3 is 3.00 bits per heavy atom. The molecule has 0 amide bonds. The molecule has 1 aliphatic heterocycles. The molecular formula is C17H22ClN5. The summed E-state index contributed by atoms with van der Waals surface area (Å²) < 4.78 is 1.75. The number of hydrogen-bond donors (Lipinski definition) is 3. The molecule has 1 aliphatic rings. The zero-order valence-electron chi connectivity index (χ0n) is 13.3. The van der Waals surface area contributed by atoms with E-state index in [2.05, 4.69) is 21.8 Å². The number of aromatic nitrogens is 2. The van der Waals surface area contributed by atoms with E-state index in [0.29, 0.717) is 5.92 Å². The number of aryl methyl sites for hydroxylation is 1. The van der Waals surface area contributed by atoms with Crippen molar-refractivity contribution in [2.75, 3.05) is 18.4 Å². The summed E-state index contributed by atoms with van der Waals surface area (Å²) in [6.45, 7) is 2.10. The number of anilines is 2. The Morgan fingerprint density at radius 1 is 1.39 bits per heavy atom. The molecule has 6 heteroatoms. The van der Waals surface area contributed by atoms with Crippen LogP contribution in [0.4, 0.5) is 11.4 Å². The van der Waals surface area contributed by atoms with E-state index in [-0.39, 0.29) is 0 Å². The second-order valence-electron chi connectivity index (χ2n) is 6.01. The van der Waals surface area contributed by atoms with Crippen molar-refractivity contribution < 1.29 is 0 Å². The topological polar surface area (TPSA) is 65.7 Å². The molecule has 0 radical (unpaired) electrons. The first-order valence-electron chi connectivity index (χ1n) is 7.97. The SMILES string of the molecule is Cn1cc(Nc2cc(C3CCCNCC3)c(Cl)cc2C=N)cn1. The first-order chi connectivity index (χ1) is 11.2. The minimum Gasteiger partial charge on any atom is -0.352 e. The Labute approximate surface area is 141 Å². The number of hydrogen-bond acceptors (Lipinski definition) is 4. The maximum atomic E-state index is 7.65. The summed E-state index contributed by atoms with van der Waals surface area (Å²) in [5.74, 6) is 0.465. The van der Waals surface area contributed by atoms with E-state index < -0.39 is 0 Å². The van der Waals surface area contributed by atoms with Crippen LogP contribution < -0.4 is 10.6 Å². The molecule has 3 rings (SSSR count). The average Bonchev–Trinajstić information content (AvgIpc) is 2.78. The highest BCUT2D eigenvalue weighted by molar-refractivity contribution is 6.32. The van der Waals surface area contributed by atoms with Gasteiger partial charge in [-0.05, 0) is 56.0 Å². The highest BCUT2D eigenvalue weighted by Crippen LogP contribution is 2.35. The third kappa shape index (κ3) is 3.74. The van der Waals surface area contributed by atoms with Crippen LogP contribution in [0, 0.1) is 5.41 Å². The normalized spacial score (nSPS) is 18.4. The fraction of sp³-hybridized carbons (Fsp3) is 0.412. The van der Waals surface area contributed by atoms with Crippen LogP contribution in [-0.4, -0.2) is 29.1 Å². The van der Waals surface area contributed by atoms with Gasteiger partial charge in [0, 0.05) is 35.7 Å². The van der Waals surface area contributed by atoms with Crippen LogP contribution in [0.1, 0.15) is 36.3 Å². The standard InChI is InChI=1S/C17H22ClN5/c1-23-11-14(10-21-23)22-17-8-15(16(18)7-13(17)9-19)12-3-2-5-20-6-4-12/h7-12,19-20,22H,2-6H2,1H3. The molecule has 0 aliphatic carbocycles. The van der Waals surface area contributed by atoms with Crippen LogP contribution in [0.25, 0.3) is 0 Å². The molecule has 3 N–H and O–H groups in total. The highest BCUT2D eigenvalue weighted by Gasteiger charge is 2.19. The van der Waals surface area contributed by atoms with Gasteiger partial charge in [-0.15, -0.1) is 0 Å². The van der Waals surface area contributed by atoms with Gasteiger partial charge in [-0.3, -0.25) is 4.68 Å². The zero-order valence-corrected chi connectivity index (χ0v) is 14.0. The third-order valence-corrected chi connectivity index (χ3v) is 4.65. The molecule has 0 saturated carbocycles. The summed E-state index contributed by atoms with van der Waals surface area (Å²) in [7, 11) is 1.88. The van der Waals surface area contributed by atoms with E-state index in [0.717, 1.165) is 47.9 Å². The fourth-order valence-corrected chi connectivity index (χ4v) is 3.44. The van der Waals surface area contributed by atoms with Gasteiger partial charge in [-0.25, -0.2) is 0 Å². The second kappa shape index (κ2) is 7.15. The number of nitrogens with one attached hydrogen (secondary N) is 3. The van der Waals surface area contributed by atoms with Crippen LogP contribution in [0.3, 0.4) is 0 Å². The molecular weight excluding hydrogens is 310 g/mol. The minimum absolute atomic E-state index is 0.465. The lowest BCUT2D eigenvalue weighted by molar-refractivity contribution is 0.610. The molecule has 1 atom stereocenters. The van der Waals surface area contributed by atoms with Gasteiger partial charge in [0.2, 0.25) is 0 Å². The third-order valence-electron chi connectivity index (χ3n) is 4.32. The van der Waals surface area contributed by atoms with Crippen molar-refractivity contribution in [1.29, 1.82) is 5.41 Å². The van der Waals surface area contributed by atoms with Crippen LogP contribution >= 0.6 is 11.6 Å². The first-order valence-corrected chi connectivity index (χ1v) is 8.35. The van der Waals surface area contributed by atoms with Crippen LogP contribution in [0.15, 0.2) is 24.5 Å². The average molecular weight is 332 g/mol. The van der Waals surface area contributed by atoms with Gasteiger partial charge in [0.1, 0.15) is 0 Å². The number of nitrogens with zero attached hydrogens (tertiary/aromatic N) is 2. The smallest absolute Gasteiger partial charge is 0.0770 e. The maximum Gasteiger partial charge on any atom is 0.0770 e. The van der Waals surface area contributed by atoms with E-state index in [9.17, 15) is 0 Å². The molecule has 2 heterocycles. The van der Waals surface area contributed by atoms with Crippen molar-refractivity contribution in [3.05, 3.63) is 40.7 Å². The van der Waals surface area contributed by atoms with Gasteiger partial charge in [0.25, 0.3) is 0 Å². The Kier molecular flexibility index (Phi) is 4.98. The molecule has 122 valence electrons. The predicted molar refractivity (Wildman–Crippen MR) is 95.3 cm³/mol. The van der Waals surface area contributed by atoms with Crippen molar-refractivity contribution in [3.8, 4) is 0 Å². The van der Waals surface area contributed by atoms with Gasteiger partial charge in [0.15, 0.2) is 0 Å². The predicted octanol–water partition coefficient (Wildman–Crippen LogP) is 3.67. The van der Waals surface area contributed by atoms with E-state index in [1.54, 1.807) is 10.9 Å². The summed E-state index contributed by atoms with van der Waals surface area (Å²) in [6, 6.07) is 3.99. The maximum absolute atomic E-state index is 7.65. The van der Waals surface area contributed by atoms with Gasteiger partial charge in [-0.2, -0.15) is 5.10 Å². The van der Waals surface area contributed by atoms with Gasteiger partial charge in [0.05, 0.1) is 11.9 Å². The van der Waals surface area contributed by atoms with Crippen LogP contribution in [0.5, 0.6) is 0 Å². The molecule has 5 nitrogen and oxygen atoms in total. The largest absolute Gasteiger partial charge is 0.352 e. The van der Waals surface area contributed by atoms with E-state index >= 15 is 0 Å². The Balaban J connectivity index is 1.93. The Morgan fingerprint density at radius 2 is 2.26 bits per heavy atom. The van der Waals surface area contributed by atoms with Gasteiger partial charge in [-0.1, -0.05) is 11.6 Å². The number of halogens is 1. The lowest BCUT2D eigenvalue weighted by atomic mass is 9.90. The van der Waals surface area contributed by atoms with E-state index in [4.69, 9.17) is 17.0 Å². The van der Waals surface area contributed by atoms with E-state index in [1.165, 1.54) is 18.2 Å². The molecule has 1 saturated heterocycles. The highest BCUT2D eigenvalue weighted by atomic mass is 35.5. The minimum atomic E-state index is 0.465. The zero-order chi connectivity index (χ0) is 16.2. The molecule has 0 spiro atoms. The molecule has 23 heavy (non-hydrogen) atoms. The summed E-state index contributed by atoms with van der Waals surface area (Å²) in [5, 5.41) is 19.4. The number of rotatable bonds is 4. The van der Waals surface area contributed by atoms with Crippen molar-refractivity contribution in [1.82, 2.24) is 15.1 Å². The molecule has 0 bridgehead atoms. The fourth-order valence-electron chi connectivity index (χ4n) is 3.12. The molecule has 1 aromatic heterocycles. The molecule has 2 aromatic rings. The first kappa shape index (κ1) is 16.0. The summed E-state index contributed by atoms with van der Waals surface area (Å²) in [4.78, 5) is 0. The Bertz CT molecular complexity index is 686. The molecule has 1 aromatic carbocycles. The van der Waals surface area contributed by atoms with Crippen molar-refractivity contribution in [2.24, 2.45) is 7.05 Å². The van der Waals surface area contributed by atoms with Gasteiger partial charge < -0.3 is 16.0 Å². The van der Waals surface area contributed by atoms with Crippen LogP contribution in [0.2, 0.25) is 5.02 Å². The van der Waals surface area contributed by atoms with Crippen molar-refractivity contribution in [2.45, 2.75) is 25.2 Å². The summed E-state index contributed by atoms with van der Waals surface area (Å²) in [6.07, 6.45) is 8.43. The van der Waals surface area contributed by atoms with E-state index in [1.807, 2.05) is 19.3 Å². The quantitative estimate of drug-likeness (QED) is 0.749. The van der Waals surface area contributed by atoms with Crippen molar-refractivity contribution in [3.63, 3.8) is 0 Å². The van der Waals surface area contributed by atoms with Crippen molar-refractivity contribution >= 4 is 29.2 Å². The van der Waals surface area contributed by atoms with Crippen LogP contribution in [-0.2, 0) is 7.05 Å².